The number of nitrogens with one attached hydrogen (secondary N) is 2. The standard InChI is InChI=1S/C18H17Cl2N3O/c1-12(18(24)22-17-6-4-3-5-13(17)10-21)23(2)11-14-7-8-15(19)9-16(14)20/h3-9,12H,11H2,1-2H3,(H,22,24)/p+1/t12-/m1/s1. The Labute approximate surface area is 151 Å². The van der Waals surface area contributed by atoms with Gasteiger partial charge in [0.05, 0.1) is 23.3 Å². The fraction of sp³-hybridized carbons (Fsp3) is 0.222. The number of quaternary nitrogens is 1. The van der Waals surface area contributed by atoms with Crippen molar-refractivity contribution in [3.8, 4) is 6.07 Å². The second-order valence-corrected chi connectivity index (χ2v) is 6.47. The molecule has 0 aliphatic carbocycles. The van der Waals surface area contributed by atoms with Crippen molar-refractivity contribution in [1.29, 1.82) is 5.26 Å². The van der Waals surface area contributed by atoms with E-state index < -0.39 is 0 Å². The number of nitriles is 1. The minimum absolute atomic E-state index is 0.153. The molecule has 0 heterocycles. The Hall–Kier alpha value is -2.06. The first-order valence-corrected chi connectivity index (χ1v) is 8.24. The summed E-state index contributed by atoms with van der Waals surface area (Å²) < 4.78 is 0. The number of nitrogens with zero attached hydrogens (tertiary/aromatic N) is 1. The van der Waals surface area contributed by atoms with Gasteiger partial charge in [-0.3, -0.25) is 4.79 Å². The van der Waals surface area contributed by atoms with E-state index in [2.05, 4.69) is 11.4 Å². The number of carbonyl (C=O) groups is 1. The second-order valence-electron chi connectivity index (χ2n) is 5.63. The number of hydrogen-bond acceptors (Lipinski definition) is 2. The molecule has 0 saturated carbocycles. The largest absolute Gasteiger partial charge is 0.324 e. The van der Waals surface area contributed by atoms with Crippen molar-refractivity contribution in [2.24, 2.45) is 0 Å². The molecule has 0 saturated heterocycles. The molecule has 24 heavy (non-hydrogen) atoms. The minimum atomic E-state index is -0.316. The summed E-state index contributed by atoms with van der Waals surface area (Å²) in [7, 11) is 1.92. The monoisotopic (exact) mass is 362 g/mol. The summed E-state index contributed by atoms with van der Waals surface area (Å²) >= 11 is 12.1. The average Bonchev–Trinajstić information content (AvgIpc) is 2.57. The second kappa shape index (κ2) is 8.16. The van der Waals surface area contributed by atoms with Crippen LogP contribution in [-0.2, 0) is 11.3 Å². The lowest BCUT2D eigenvalue weighted by atomic mass is 10.1. The maximum absolute atomic E-state index is 12.5. The molecular formula is C18H18Cl2N3O+. The summed E-state index contributed by atoms with van der Waals surface area (Å²) in [6.45, 7) is 2.42. The van der Waals surface area contributed by atoms with Gasteiger partial charge < -0.3 is 10.2 Å². The van der Waals surface area contributed by atoms with Gasteiger partial charge in [0, 0.05) is 10.6 Å². The number of benzene rings is 2. The molecule has 1 amide bonds. The number of carbonyl (C=O) groups excluding carboxylic acids is 1. The first-order chi connectivity index (χ1) is 11.4. The molecule has 2 aromatic rings. The molecular weight excluding hydrogens is 345 g/mol. The molecule has 1 unspecified atom stereocenters. The summed E-state index contributed by atoms with van der Waals surface area (Å²) in [5.41, 5.74) is 1.89. The van der Waals surface area contributed by atoms with Crippen LogP contribution in [0.25, 0.3) is 0 Å². The van der Waals surface area contributed by atoms with Gasteiger partial charge in [-0.1, -0.05) is 41.4 Å². The van der Waals surface area contributed by atoms with Crippen molar-refractivity contribution >= 4 is 34.8 Å². The van der Waals surface area contributed by atoms with Crippen molar-refractivity contribution in [2.45, 2.75) is 19.5 Å². The molecule has 0 fully saturated rings. The highest BCUT2D eigenvalue weighted by Crippen LogP contribution is 2.20. The molecule has 2 atom stereocenters. The van der Waals surface area contributed by atoms with Crippen molar-refractivity contribution in [1.82, 2.24) is 0 Å². The molecule has 0 aliphatic rings. The first-order valence-electron chi connectivity index (χ1n) is 7.48. The lowest BCUT2D eigenvalue weighted by molar-refractivity contribution is -0.907. The average molecular weight is 363 g/mol. The zero-order chi connectivity index (χ0) is 17.7. The van der Waals surface area contributed by atoms with Gasteiger partial charge in [-0.25, -0.2) is 0 Å². The van der Waals surface area contributed by atoms with Crippen LogP contribution in [0.15, 0.2) is 42.5 Å². The number of para-hydroxylation sites is 1. The van der Waals surface area contributed by atoms with Gasteiger partial charge in [-0.05, 0) is 31.2 Å². The number of amides is 1. The lowest BCUT2D eigenvalue weighted by Gasteiger charge is -2.22. The van der Waals surface area contributed by atoms with E-state index in [1.165, 1.54) is 0 Å². The molecule has 0 aromatic heterocycles. The highest BCUT2D eigenvalue weighted by atomic mass is 35.5. The van der Waals surface area contributed by atoms with Gasteiger partial charge in [-0.15, -0.1) is 0 Å². The number of anilines is 1. The molecule has 0 aliphatic heterocycles. The van der Waals surface area contributed by atoms with E-state index >= 15 is 0 Å². The number of hydrogen-bond donors (Lipinski definition) is 2. The Kier molecular flexibility index (Phi) is 6.22. The van der Waals surface area contributed by atoms with E-state index in [0.29, 0.717) is 27.8 Å². The van der Waals surface area contributed by atoms with Crippen LogP contribution in [0.3, 0.4) is 0 Å². The third-order valence-electron chi connectivity index (χ3n) is 3.92. The van der Waals surface area contributed by atoms with Crippen LogP contribution in [0.4, 0.5) is 5.69 Å². The van der Waals surface area contributed by atoms with E-state index in [1.54, 1.807) is 36.4 Å². The Morgan fingerprint density at radius 1 is 1.29 bits per heavy atom. The van der Waals surface area contributed by atoms with Crippen LogP contribution < -0.4 is 10.2 Å². The highest BCUT2D eigenvalue weighted by molar-refractivity contribution is 6.35. The van der Waals surface area contributed by atoms with Crippen LogP contribution in [0.1, 0.15) is 18.1 Å². The normalized spacial score (nSPS) is 13.0. The van der Waals surface area contributed by atoms with Crippen LogP contribution in [-0.4, -0.2) is 19.0 Å². The first kappa shape index (κ1) is 18.3. The van der Waals surface area contributed by atoms with Crippen molar-refractivity contribution in [3.63, 3.8) is 0 Å². The van der Waals surface area contributed by atoms with E-state index in [4.69, 9.17) is 28.5 Å². The number of halogens is 2. The van der Waals surface area contributed by atoms with Crippen LogP contribution >= 0.6 is 23.2 Å². The van der Waals surface area contributed by atoms with Crippen molar-refractivity contribution in [2.75, 3.05) is 12.4 Å². The van der Waals surface area contributed by atoms with Crippen LogP contribution in [0.5, 0.6) is 0 Å². The van der Waals surface area contributed by atoms with E-state index in [0.717, 1.165) is 10.5 Å². The Morgan fingerprint density at radius 3 is 2.67 bits per heavy atom. The number of likely N-dealkylation sites (N-methyl/N-ethyl adjacent to an activating group) is 1. The van der Waals surface area contributed by atoms with E-state index in [1.807, 2.05) is 20.0 Å². The summed E-state index contributed by atoms with van der Waals surface area (Å²) in [6, 6.07) is 14.0. The van der Waals surface area contributed by atoms with Gasteiger partial charge in [0.2, 0.25) is 0 Å². The van der Waals surface area contributed by atoms with Crippen LogP contribution in [0, 0.1) is 11.3 Å². The molecule has 2 rings (SSSR count). The van der Waals surface area contributed by atoms with Gasteiger partial charge >= 0.3 is 0 Å². The van der Waals surface area contributed by atoms with Gasteiger partial charge in [0.1, 0.15) is 12.6 Å². The predicted octanol–water partition coefficient (Wildman–Crippen LogP) is 2.91. The van der Waals surface area contributed by atoms with Crippen molar-refractivity contribution < 1.29 is 9.69 Å². The zero-order valence-electron chi connectivity index (χ0n) is 13.4. The molecule has 0 radical (unpaired) electrons. The third kappa shape index (κ3) is 4.48. The smallest absolute Gasteiger partial charge is 0.282 e. The van der Waals surface area contributed by atoms with Crippen LogP contribution in [0.2, 0.25) is 10.0 Å². The Bertz CT molecular complexity index is 786. The lowest BCUT2D eigenvalue weighted by Crippen LogP contribution is -3.12. The molecule has 4 nitrogen and oxygen atoms in total. The zero-order valence-corrected chi connectivity index (χ0v) is 14.9. The predicted molar refractivity (Wildman–Crippen MR) is 96.3 cm³/mol. The maximum atomic E-state index is 12.5. The molecule has 0 spiro atoms. The molecule has 2 aromatic carbocycles. The van der Waals surface area contributed by atoms with E-state index in [-0.39, 0.29) is 11.9 Å². The molecule has 6 heteroatoms. The SMILES string of the molecule is C[C@H](C(=O)Nc1ccccc1C#N)[NH+](C)Cc1ccc(Cl)cc1Cl. The minimum Gasteiger partial charge on any atom is -0.324 e. The highest BCUT2D eigenvalue weighted by Gasteiger charge is 2.23. The fourth-order valence-electron chi connectivity index (χ4n) is 2.27. The maximum Gasteiger partial charge on any atom is 0.282 e. The van der Waals surface area contributed by atoms with Gasteiger partial charge in [0.25, 0.3) is 5.91 Å². The Balaban J connectivity index is 2.05. The number of rotatable bonds is 5. The molecule has 124 valence electrons. The van der Waals surface area contributed by atoms with E-state index in [9.17, 15) is 4.79 Å². The van der Waals surface area contributed by atoms with Gasteiger partial charge in [0.15, 0.2) is 6.04 Å². The van der Waals surface area contributed by atoms with Gasteiger partial charge in [-0.2, -0.15) is 5.26 Å². The fourth-order valence-corrected chi connectivity index (χ4v) is 2.75. The summed E-state index contributed by atoms with van der Waals surface area (Å²) in [6.07, 6.45) is 0. The summed E-state index contributed by atoms with van der Waals surface area (Å²) in [5.74, 6) is -0.153. The summed E-state index contributed by atoms with van der Waals surface area (Å²) in [4.78, 5) is 13.4. The topological polar surface area (TPSA) is 57.3 Å². The quantitative estimate of drug-likeness (QED) is 0.858. The third-order valence-corrected chi connectivity index (χ3v) is 4.51. The Morgan fingerprint density at radius 2 is 2.00 bits per heavy atom. The summed E-state index contributed by atoms with van der Waals surface area (Å²) in [5, 5.41) is 13.1. The molecule has 2 N–H and O–H groups in total. The molecule has 0 bridgehead atoms. The van der Waals surface area contributed by atoms with Crippen molar-refractivity contribution in [3.05, 3.63) is 63.6 Å².